The number of rotatable bonds is 8. The standard InChI is InChI=1S/C13H22N2O2S2/c1-11(8-9-18-3)15-19(16,17)13-7-5-4-6-12(13)10-14-2/h4-7,11,14-15H,8-10H2,1-3H3. The molecule has 0 radical (unpaired) electrons. The highest BCUT2D eigenvalue weighted by Gasteiger charge is 2.19. The highest BCUT2D eigenvalue weighted by atomic mass is 32.2. The molecule has 6 heteroatoms. The Balaban J connectivity index is 2.88. The van der Waals surface area contributed by atoms with E-state index >= 15 is 0 Å². The average Bonchev–Trinajstić information content (AvgIpc) is 2.37. The zero-order chi connectivity index (χ0) is 14.3. The second kappa shape index (κ2) is 7.89. The number of hydrogen-bond acceptors (Lipinski definition) is 4. The zero-order valence-electron chi connectivity index (χ0n) is 11.6. The van der Waals surface area contributed by atoms with E-state index in [0.29, 0.717) is 11.4 Å². The predicted molar refractivity (Wildman–Crippen MR) is 82.0 cm³/mol. The van der Waals surface area contributed by atoms with Gasteiger partial charge in [-0.3, -0.25) is 0 Å². The molecule has 1 unspecified atom stereocenters. The van der Waals surface area contributed by atoms with Crippen LogP contribution < -0.4 is 10.0 Å². The molecule has 2 N–H and O–H groups in total. The Morgan fingerprint density at radius 1 is 1.32 bits per heavy atom. The van der Waals surface area contributed by atoms with Crippen molar-refractivity contribution < 1.29 is 8.42 Å². The highest BCUT2D eigenvalue weighted by Crippen LogP contribution is 2.16. The molecule has 0 aromatic heterocycles. The third kappa shape index (κ3) is 5.14. The van der Waals surface area contributed by atoms with Crippen LogP contribution in [-0.2, 0) is 16.6 Å². The van der Waals surface area contributed by atoms with Gasteiger partial charge < -0.3 is 5.32 Å². The molecule has 0 saturated carbocycles. The first kappa shape index (κ1) is 16.5. The van der Waals surface area contributed by atoms with Gasteiger partial charge in [-0.2, -0.15) is 11.8 Å². The summed E-state index contributed by atoms with van der Waals surface area (Å²) in [6, 6.07) is 7.02. The van der Waals surface area contributed by atoms with E-state index in [2.05, 4.69) is 10.0 Å². The van der Waals surface area contributed by atoms with Crippen LogP contribution in [0.3, 0.4) is 0 Å². The number of nitrogens with one attached hydrogen (secondary N) is 2. The lowest BCUT2D eigenvalue weighted by Gasteiger charge is -2.16. The van der Waals surface area contributed by atoms with Gasteiger partial charge in [0.15, 0.2) is 0 Å². The van der Waals surface area contributed by atoms with Crippen LogP contribution in [-0.4, -0.2) is 33.5 Å². The van der Waals surface area contributed by atoms with Crippen LogP contribution in [0.4, 0.5) is 0 Å². The van der Waals surface area contributed by atoms with E-state index in [1.807, 2.05) is 25.3 Å². The quantitative estimate of drug-likeness (QED) is 0.769. The van der Waals surface area contributed by atoms with Crippen molar-refractivity contribution in [3.8, 4) is 0 Å². The first-order valence-electron chi connectivity index (χ1n) is 6.25. The second-order valence-electron chi connectivity index (χ2n) is 4.44. The molecule has 108 valence electrons. The summed E-state index contributed by atoms with van der Waals surface area (Å²) >= 11 is 1.72. The minimum absolute atomic E-state index is 0.0555. The lowest BCUT2D eigenvalue weighted by atomic mass is 10.2. The van der Waals surface area contributed by atoms with Crippen molar-refractivity contribution in [3.05, 3.63) is 29.8 Å². The summed E-state index contributed by atoms with van der Waals surface area (Å²) in [5, 5.41) is 2.99. The van der Waals surface area contributed by atoms with Gasteiger partial charge in [-0.25, -0.2) is 13.1 Å². The number of hydrogen-bond donors (Lipinski definition) is 2. The van der Waals surface area contributed by atoms with Gasteiger partial charge in [0, 0.05) is 12.6 Å². The SMILES string of the molecule is CNCc1ccccc1S(=O)(=O)NC(C)CCSC. The van der Waals surface area contributed by atoms with Crippen LogP contribution in [0.1, 0.15) is 18.9 Å². The summed E-state index contributed by atoms with van der Waals surface area (Å²) in [6.07, 6.45) is 2.85. The highest BCUT2D eigenvalue weighted by molar-refractivity contribution is 7.98. The predicted octanol–water partition coefficient (Wildman–Crippen LogP) is 1.83. The molecular formula is C13H22N2O2S2. The fourth-order valence-corrected chi connectivity index (χ4v) is 3.89. The lowest BCUT2D eigenvalue weighted by Crippen LogP contribution is -2.33. The van der Waals surface area contributed by atoms with E-state index < -0.39 is 10.0 Å². The van der Waals surface area contributed by atoms with E-state index in [9.17, 15) is 8.42 Å². The normalized spacial score (nSPS) is 13.4. The van der Waals surface area contributed by atoms with Crippen LogP contribution in [0.2, 0.25) is 0 Å². The van der Waals surface area contributed by atoms with E-state index in [1.165, 1.54) is 0 Å². The average molecular weight is 302 g/mol. The van der Waals surface area contributed by atoms with E-state index in [1.54, 1.807) is 30.9 Å². The van der Waals surface area contributed by atoms with Crippen LogP contribution in [0, 0.1) is 0 Å². The summed E-state index contributed by atoms with van der Waals surface area (Å²) in [7, 11) is -1.64. The van der Waals surface area contributed by atoms with E-state index in [4.69, 9.17) is 0 Å². The Kier molecular flexibility index (Phi) is 6.85. The fourth-order valence-electron chi connectivity index (χ4n) is 1.78. The Bertz CT molecular complexity index is 489. The van der Waals surface area contributed by atoms with Crippen molar-refractivity contribution in [1.29, 1.82) is 0 Å². The molecule has 0 aliphatic rings. The van der Waals surface area contributed by atoms with Gasteiger partial charge in [0.05, 0.1) is 4.90 Å². The molecule has 0 heterocycles. The maximum atomic E-state index is 12.4. The number of benzene rings is 1. The summed E-state index contributed by atoms with van der Waals surface area (Å²) < 4.78 is 27.4. The van der Waals surface area contributed by atoms with Crippen molar-refractivity contribution >= 4 is 21.8 Å². The van der Waals surface area contributed by atoms with Crippen LogP contribution in [0.5, 0.6) is 0 Å². The van der Waals surface area contributed by atoms with Gasteiger partial charge in [-0.05, 0) is 44.0 Å². The second-order valence-corrected chi connectivity index (χ2v) is 7.11. The van der Waals surface area contributed by atoms with Gasteiger partial charge in [0.25, 0.3) is 0 Å². The molecule has 0 amide bonds. The van der Waals surface area contributed by atoms with Crippen molar-refractivity contribution in [1.82, 2.24) is 10.0 Å². The summed E-state index contributed by atoms with van der Waals surface area (Å²) in [5.41, 5.74) is 0.787. The van der Waals surface area contributed by atoms with Gasteiger partial charge in [-0.1, -0.05) is 18.2 Å². The molecule has 0 aliphatic heterocycles. The Morgan fingerprint density at radius 2 is 2.00 bits per heavy atom. The molecular weight excluding hydrogens is 280 g/mol. The topological polar surface area (TPSA) is 58.2 Å². The van der Waals surface area contributed by atoms with Crippen molar-refractivity contribution in [2.24, 2.45) is 0 Å². The largest absolute Gasteiger partial charge is 0.316 e. The number of sulfonamides is 1. The third-order valence-corrected chi connectivity index (χ3v) is 5.07. The first-order valence-corrected chi connectivity index (χ1v) is 9.12. The Morgan fingerprint density at radius 3 is 2.63 bits per heavy atom. The molecule has 0 saturated heterocycles. The summed E-state index contributed by atoms with van der Waals surface area (Å²) in [4.78, 5) is 0.361. The van der Waals surface area contributed by atoms with Crippen LogP contribution >= 0.6 is 11.8 Å². The van der Waals surface area contributed by atoms with Crippen molar-refractivity contribution in [2.75, 3.05) is 19.1 Å². The smallest absolute Gasteiger partial charge is 0.241 e. The molecule has 1 rings (SSSR count). The van der Waals surface area contributed by atoms with Crippen LogP contribution in [0.25, 0.3) is 0 Å². The molecule has 1 aromatic rings. The Labute approximate surface area is 120 Å². The van der Waals surface area contributed by atoms with Crippen molar-refractivity contribution in [2.45, 2.75) is 30.8 Å². The Hall–Kier alpha value is -0.560. The molecule has 0 spiro atoms. The lowest BCUT2D eigenvalue weighted by molar-refractivity contribution is 0.555. The summed E-state index contributed by atoms with van der Waals surface area (Å²) in [5.74, 6) is 0.946. The third-order valence-electron chi connectivity index (χ3n) is 2.74. The molecule has 1 aromatic carbocycles. The van der Waals surface area contributed by atoms with Crippen LogP contribution in [0.15, 0.2) is 29.2 Å². The van der Waals surface area contributed by atoms with Crippen molar-refractivity contribution in [3.63, 3.8) is 0 Å². The molecule has 4 nitrogen and oxygen atoms in total. The minimum atomic E-state index is -3.44. The number of thioether (sulfide) groups is 1. The van der Waals surface area contributed by atoms with E-state index in [0.717, 1.165) is 17.7 Å². The van der Waals surface area contributed by atoms with Gasteiger partial charge in [0.1, 0.15) is 0 Å². The molecule has 0 aliphatic carbocycles. The minimum Gasteiger partial charge on any atom is -0.316 e. The first-order chi connectivity index (χ1) is 9.01. The maximum Gasteiger partial charge on any atom is 0.241 e. The van der Waals surface area contributed by atoms with E-state index in [-0.39, 0.29) is 6.04 Å². The van der Waals surface area contributed by atoms with Gasteiger partial charge >= 0.3 is 0 Å². The zero-order valence-corrected chi connectivity index (χ0v) is 13.3. The molecule has 19 heavy (non-hydrogen) atoms. The molecule has 0 fully saturated rings. The summed E-state index contributed by atoms with van der Waals surface area (Å²) in [6.45, 7) is 2.44. The fraction of sp³-hybridized carbons (Fsp3) is 0.538. The maximum absolute atomic E-state index is 12.4. The molecule has 1 atom stereocenters. The monoisotopic (exact) mass is 302 g/mol. The van der Waals surface area contributed by atoms with Gasteiger partial charge in [-0.15, -0.1) is 0 Å². The van der Waals surface area contributed by atoms with Gasteiger partial charge in [0.2, 0.25) is 10.0 Å². The molecule has 0 bridgehead atoms.